The number of fused-ring (bicyclic) bond motifs is 1. The number of alkyl halides is 2. The molecule has 1 aliphatic carbocycles. The summed E-state index contributed by atoms with van der Waals surface area (Å²) in [5.41, 5.74) is 0.496. The van der Waals surface area contributed by atoms with Crippen LogP contribution in [0.1, 0.15) is 47.5 Å². The van der Waals surface area contributed by atoms with Crippen molar-refractivity contribution < 1.29 is 13.6 Å². The van der Waals surface area contributed by atoms with Crippen LogP contribution in [0.2, 0.25) is 10.0 Å². The van der Waals surface area contributed by atoms with Gasteiger partial charge in [-0.25, -0.2) is 4.98 Å². The number of amides is 1. The Morgan fingerprint density at radius 2 is 1.79 bits per heavy atom. The molecule has 2 aliphatic rings. The van der Waals surface area contributed by atoms with Gasteiger partial charge >= 0.3 is 5.92 Å². The zero-order chi connectivity index (χ0) is 24.1. The first-order chi connectivity index (χ1) is 16.2. The number of aromatic amines is 1. The van der Waals surface area contributed by atoms with Crippen molar-refractivity contribution in [3.05, 3.63) is 97.1 Å². The lowest BCUT2D eigenvalue weighted by Crippen LogP contribution is -2.42. The number of halogens is 4. The number of aromatic nitrogens is 2. The molecule has 2 heterocycles. The molecule has 0 unspecified atom stereocenters. The van der Waals surface area contributed by atoms with Crippen molar-refractivity contribution in [3.63, 3.8) is 0 Å². The van der Waals surface area contributed by atoms with Crippen LogP contribution in [-0.2, 0) is 29.1 Å². The Bertz CT molecular complexity index is 1340. The number of nitrogens with zero attached hydrogens (tertiary/aromatic N) is 2. The average molecular weight is 504 g/mol. The summed E-state index contributed by atoms with van der Waals surface area (Å²) in [7, 11) is 0. The van der Waals surface area contributed by atoms with Crippen molar-refractivity contribution in [2.24, 2.45) is 0 Å². The Morgan fingerprint density at radius 3 is 2.47 bits per heavy atom. The van der Waals surface area contributed by atoms with E-state index in [0.717, 1.165) is 29.4 Å². The molecule has 1 aromatic heterocycles. The van der Waals surface area contributed by atoms with E-state index in [9.17, 15) is 9.59 Å². The first-order valence-electron chi connectivity index (χ1n) is 11.0. The van der Waals surface area contributed by atoms with Crippen LogP contribution in [0, 0.1) is 0 Å². The summed E-state index contributed by atoms with van der Waals surface area (Å²) in [6.07, 6.45) is 2.49. The Kier molecular flexibility index (Phi) is 5.73. The van der Waals surface area contributed by atoms with Gasteiger partial charge in [0.25, 0.3) is 11.5 Å². The lowest BCUT2D eigenvalue weighted by atomic mass is 9.94. The zero-order valence-corrected chi connectivity index (χ0v) is 19.6. The van der Waals surface area contributed by atoms with Crippen LogP contribution in [0.3, 0.4) is 0 Å². The maximum Gasteiger partial charge on any atom is 0.350 e. The summed E-state index contributed by atoms with van der Waals surface area (Å²) in [5, 5.41) is 0.726. The fourth-order valence-corrected chi connectivity index (χ4v) is 4.98. The Labute approximate surface area is 204 Å². The summed E-state index contributed by atoms with van der Waals surface area (Å²) in [6, 6.07) is 12.6. The van der Waals surface area contributed by atoms with Gasteiger partial charge in [0.1, 0.15) is 5.82 Å². The summed E-state index contributed by atoms with van der Waals surface area (Å²) in [4.78, 5) is 34.6. The second-order valence-electron chi connectivity index (χ2n) is 8.85. The number of rotatable bonds is 4. The number of hydrogen-bond donors (Lipinski definition) is 1. The molecule has 0 saturated heterocycles. The van der Waals surface area contributed by atoms with Crippen molar-refractivity contribution in [3.8, 4) is 0 Å². The van der Waals surface area contributed by atoms with Crippen molar-refractivity contribution in [2.45, 2.75) is 43.6 Å². The largest absolute Gasteiger partial charge is 0.350 e. The number of hydrogen-bond acceptors (Lipinski definition) is 3. The van der Waals surface area contributed by atoms with Crippen LogP contribution >= 0.6 is 23.2 Å². The Morgan fingerprint density at radius 1 is 1.09 bits per heavy atom. The molecule has 34 heavy (non-hydrogen) atoms. The minimum atomic E-state index is -3.76. The van der Waals surface area contributed by atoms with E-state index in [4.69, 9.17) is 28.2 Å². The molecule has 0 radical (unpaired) electrons. The van der Waals surface area contributed by atoms with Crippen LogP contribution in [0.5, 0.6) is 0 Å². The van der Waals surface area contributed by atoms with Crippen LogP contribution in [0.15, 0.2) is 53.3 Å². The van der Waals surface area contributed by atoms with Gasteiger partial charge < -0.3 is 9.88 Å². The van der Waals surface area contributed by atoms with Gasteiger partial charge in [-0.1, -0.05) is 47.5 Å². The first-order valence-corrected chi connectivity index (χ1v) is 11.8. The second-order valence-corrected chi connectivity index (χ2v) is 9.72. The van der Waals surface area contributed by atoms with Crippen molar-refractivity contribution in [1.29, 1.82) is 0 Å². The van der Waals surface area contributed by atoms with E-state index in [1.807, 2.05) is 18.2 Å². The van der Waals surface area contributed by atoms with Crippen molar-refractivity contribution >= 4 is 29.1 Å². The highest BCUT2D eigenvalue weighted by molar-refractivity contribution is 6.31. The number of aryl methyl sites for hydroxylation is 1. The summed E-state index contributed by atoms with van der Waals surface area (Å²) >= 11 is 12.0. The topological polar surface area (TPSA) is 66.1 Å². The van der Waals surface area contributed by atoms with E-state index in [1.165, 1.54) is 18.2 Å². The van der Waals surface area contributed by atoms with E-state index < -0.39 is 28.4 Å². The predicted octanol–water partition coefficient (Wildman–Crippen LogP) is 5.22. The molecule has 0 atom stereocenters. The third-order valence-electron chi connectivity index (χ3n) is 6.62. The number of benzene rings is 2. The number of carbonyl (C=O) groups excluding carboxylic acids is 1. The summed E-state index contributed by atoms with van der Waals surface area (Å²) < 4.78 is 30.0. The van der Waals surface area contributed by atoms with Gasteiger partial charge in [0, 0.05) is 22.2 Å². The molecular weight excluding hydrogens is 483 g/mol. The van der Waals surface area contributed by atoms with Gasteiger partial charge in [-0.05, 0) is 55.5 Å². The maximum atomic E-state index is 15.0. The van der Waals surface area contributed by atoms with Gasteiger partial charge in [0.2, 0.25) is 0 Å². The highest BCUT2D eigenvalue weighted by Gasteiger charge is 2.49. The Balaban J connectivity index is 1.46. The molecule has 0 bridgehead atoms. The van der Waals surface area contributed by atoms with Crippen LogP contribution in [-0.4, -0.2) is 27.3 Å². The molecule has 5 rings (SSSR count). The first kappa shape index (κ1) is 23.0. The van der Waals surface area contributed by atoms with Crippen LogP contribution in [0.4, 0.5) is 8.78 Å². The van der Waals surface area contributed by atoms with Crippen LogP contribution < -0.4 is 5.56 Å². The van der Waals surface area contributed by atoms with Gasteiger partial charge in [0.05, 0.1) is 23.2 Å². The van der Waals surface area contributed by atoms with E-state index >= 15 is 8.78 Å². The van der Waals surface area contributed by atoms with Crippen molar-refractivity contribution in [2.75, 3.05) is 6.54 Å². The van der Waals surface area contributed by atoms with Crippen LogP contribution in [0.25, 0.3) is 0 Å². The number of H-pyrrole nitrogens is 1. The van der Waals surface area contributed by atoms with Crippen molar-refractivity contribution in [1.82, 2.24) is 14.9 Å². The van der Waals surface area contributed by atoms with Gasteiger partial charge in [-0.15, -0.1) is 0 Å². The highest BCUT2D eigenvalue weighted by Crippen LogP contribution is 2.52. The number of nitrogens with one attached hydrogen (secondary N) is 1. The van der Waals surface area contributed by atoms with E-state index in [1.54, 1.807) is 6.07 Å². The molecule has 2 aromatic carbocycles. The monoisotopic (exact) mass is 503 g/mol. The summed E-state index contributed by atoms with van der Waals surface area (Å²) in [5.74, 6) is -4.56. The fourth-order valence-electron chi connectivity index (χ4n) is 4.60. The molecule has 0 spiro atoms. The molecule has 1 saturated carbocycles. The summed E-state index contributed by atoms with van der Waals surface area (Å²) in [6.45, 7) is -0.128. The molecule has 1 aliphatic heterocycles. The average Bonchev–Trinajstić information content (AvgIpc) is 3.63. The quantitative estimate of drug-likeness (QED) is 0.530. The molecule has 176 valence electrons. The van der Waals surface area contributed by atoms with Gasteiger partial charge in [0.15, 0.2) is 0 Å². The lowest BCUT2D eigenvalue weighted by Gasteiger charge is -2.26. The van der Waals surface area contributed by atoms with E-state index in [0.29, 0.717) is 29.4 Å². The Hall–Kier alpha value is -2.77. The molecule has 1 amide bonds. The number of carbonyl (C=O) groups is 1. The molecular formula is C25H21Cl2F2N3O2. The molecule has 9 heteroatoms. The third kappa shape index (κ3) is 4.01. The third-order valence-corrected chi connectivity index (χ3v) is 7.09. The minimum absolute atomic E-state index is 0.0968. The normalized spacial score (nSPS) is 17.1. The maximum absolute atomic E-state index is 15.0. The molecule has 3 aromatic rings. The predicted molar refractivity (Wildman–Crippen MR) is 125 cm³/mol. The molecule has 1 N–H and O–H groups in total. The SMILES string of the molecule is O=C(N1CCCc2nc(C3(c4cccc(Cl)c4)CC3)[nH]c(=O)c2C1)C(F)(F)c1cccc(Cl)c1. The zero-order valence-electron chi connectivity index (χ0n) is 18.1. The second kappa shape index (κ2) is 8.47. The lowest BCUT2D eigenvalue weighted by molar-refractivity contribution is -0.159. The highest BCUT2D eigenvalue weighted by atomic mass is 35.5. The van der Waals surface area contributed by atoms with E-state index in [2.05, 4.69) is 4.98 Å². The van der Waals surface area contributed by atoms with E-state index in [-0.39, 0.29) is 23.7 Å². The minimum Gasteiger partial charge on any atom is -0.333 e. The van der Waals surface area contributed by atoms with Gasteiger partial charge in [-0.3, -0.25) is 9.59 Å². The van der Waals surface area contributed by atoms with Gasteiger partial charge in [-0.2, -0.15) is 8.78 Å². The molecule has 5 nitrogen and oxygen atoms in total. The molecule has 1 fully saturated rings. The standard InChI is InChI=1S/C25H21Cl2F2N3O2/c26-17-6-1-4-15(12-17)24(9-10-24)22-30-20-8-3-11-32(14-19(20)21(33)31-22)23(34)25(28,29)16-5-2-7-18(27)13-16/h1-2,4-7,12-13H,3,8-11,14H2,(H,30,31,33). The smallest absolute Gasteiger partial charge is 0.333 e. The fraction of sp³-hybridized carbons (Fsp3) is 0.320.